The first-order valence-electron chi connectivity index (χ1n) is 7.66. The average molecular weight is 344 g/mol. The molecule has 1 unspecified atom stereocenters. The van der Waals surface area contributed by atoms with Crippen molar-refractivity contribution in [3.05, 3.63) is 90.0 Å². The fourth-order valence-corrected chi connectivity index (χ4v) is 2.63. The van der Waals surface area contributed by atoms with E-state index in [1.165, 1.54) is 18.2 Å². The summed E-state index contributed by atoms with van der Waals surface area (Å²) in [6.07, 6.45) is 3.57. The van der Waals surface area contributed by atoms with Crippen LogP contribution in [0.2, 0.25) is 0 Å². The van der Waals surface area contributed by atoms with Crippen LogP contribution in [-0.4, -0.2) is 10.5 Å². The molecule has 0 aliphatic carbocycles. The number of benzene rings is 2. The third-order valence-electron chi connectivity index (χ3n) is 3.80. The molecule has 6 heteroatoms. The molecule has 2 aromatic carbocycles. The molecule has 1 atom stereocenters. The number of carbonyl (C=O) groups is 1. The van der Waals surface area contributed by atoms with E-state index < -0.39 is 29.4 Å². The molecule has 0 radical (unpaired) electrons. The number of carbonyl (C=O) groups excluding carboxylic acids is 1. The molecule has 25 heavy (non-hydrogen) atoms. The number of anilines is 1. The van der Waals surface area contributed by atoms with Gasteiger partial charge >= 0.3 is 0 Å². The Bertz CT molecular complexity index is 878. The summed E-state index contributed by atoms with van der Waals surface area (Å²) in [6, 6.07) is 12.3. The molecule has 3 rings (SSSR count). The van der Waals surface area contributed by atoms with Crippen LogP contribution < -0.4 is 5.32 Å². The van der Waals surface area contributed by atoms with Crippen molar-refractivity contribution >= 4 is 11.6 Å². The van der Waals surface area contributed by atoms with Crippen molar-refractivity contribution in [2.75, 3.05) is 5.32 Å². The lowest BCUT2D eigenvalue weighted by Gasteiger charge is -2.19. The van der Waals surface area contributed by atoms with Crippen LogP contribution in [0, 0.1) is 17.5 Å². The maximum absolute atomic E-state index is 13.5. The number of nitrogens with zero attached hydrogens (tertiary/aromatic N) is 1. The molecule has 0 saturated heterocycles. The van der Waals surface area contributed by atoms with Gasteiger partial charge in [0, 0.05) is 24.1 Å². The minimum Gasteiger partial charge on any atom is -0.346 e. The summed E-state index contributed by atoms with van der Waals surface area (Å²) in [5.41, 5.74) is 0.797. The van der Waals surface area contributed by atoms with Crippen LogP contribution in [0.25, 0.3) is 0 Å². The quantitative estimate of drug-likeness (QED) is 0.725. The van der Waals surface area contributed by atoms with Crippen LogP contribution in [0.15, 0.2) is 67.0 Å². The standard InChI is InChI=1S/C19H15F3N2O/c20-14-5-3-4-13(10-14)18(24-8-1-2-9-24)12-19(25)23-15-6-7-16(21)17(22)11-15/h1-11,18H,12H2,(H,23,25). The van der Waals surface area contributed by atoms with E-state index in [9.17, 15) is 18.0 Å². The van der Waals surface area contributed by atoms with Gasteiger partial charge in [-0.3, -0.25) is 4.79 Å². The minimum atomic E-state index is -1.04. The summed E-state index contributed by atoms with van der Waals surface area (Å²) in [5.74, 6) is -2.81. The van der Waals surface area contributed by atoms with E-state index in [1.54, 1.807) is 41.2 Å². The molecular formula is C19H15F3N2O. The Kier molecular flexibility index (Phi) is 4.88. The van der Waals surface area contributed by atoms with Gasteiger partial charge in [-0.25, -0.2) is 13.2 Å². The van der Waals surface area contributed by atoms with Gasteiger partial charge in [0.15, 0.2) is 11.6 Å². The van der Waals surface area contributed by atoms with Crippen molar-refractivity contribution in [3.63, 3.8) is 0 Å². The van der Waals surface area contributed by atoms with Gasteiger partial charge in [0.05, 0.1) is 12.5 Å². The lowest BCUT2D eigenvalue weighted by Crippen LogP contribution is -2.19. The fourth-order valence-electron chi connectivity index (χ4n) is 2.63. The van der Waals surface area contributed by atoms with Crippen molar-refractivity contribution in [3.8, 4) is 0 Å². The van der Waals surface area contributed by atoms with Gasteiger partial charge in [-0.1, -0.05) is 12.1 Å². The first-order valence-corrected chi connectivity index (χ1v) is 7.66. The van der Waals surface area contributed by atoms with E-state index in [-0.39, 0.29) is 12.1 Å². The summed E-state index contributed by atoms with van der Waals surface area (Å²) in [7, 11) is 0. The van der Waals surface area contributed by atoms with E-state index >= 15 is 0 Å². The second-order valence-corrected chi connectivity index (χ2v) is 5.58. The molecular weight excluding hydrogens is 329 g/mol. The molecule has 1 aromatic heterocycles. The molecule has 1 amide bonds. The van der Waals surface area contributed by atoms with Gasteiger partial charge < -0.3 is 9.88 Å². The monoisotopic (exact) mass is 344 g/mol. The predicted molar refractivity (Wildman–Crippen MR) is 88.6 cm³/mol. The summed E-state index contributed by atoms with van der Waals surface area (Å²) < 4.78 is 41.6. The van der Waals surface area contributed by atoms with Gasteiger partial charge in [0.2, 0.25) is 5.91 Å². The fraction of sp³-hybridized carbons (Fsp3) is 0.105. The van der Waals surface area contributed by atoms with Crippen molar-refractivity contribution in [2.45, 2.75) is 12.5 Å². The van der Waals surface area contributed by atoms with E-state index in [0.29, 0.717) is 5.56 Å². The van der Waals surface area contributed by atoms with Crippen molar-refractivity contribution in [2.24, 2.45) is 0 Å². The largest absolute Gasteiger partial charge is 0.346 e. The molecule has 1 N–H and O–H groups in total. The van der Waals surface area contributed by atoms with E-state index in [4.69, 9.17) is 0 Å². The second kappa shape index (κ2) is 7.25. The molecule has 1 heterocycles. The summed E-state index contributed by atoms with van der Waals surface area (Å²) in [4.78, 5) is 12.3. The second-order valence-electron chi connectivity index (χ2n) is 5.58. The molecule has 0 saturated carbocycles. The van der Waals surface area contributed by atoms with Crippen LogP contribution in [0.3, 0.4) is 0 Å². The van der Waals surface area contributed by atoms with Crippen LogP contribution >= 0.6 is 0 Å². The first-order chi connectivity index (χ1) is 12.0. The minimum absolute atomic E-state index is 0.0110. The molecule has 128 valence electrons. The van der Waals surface area contributed by atoms with Crippen molar-refractivity contribution in [1.29, 1.82) is 0 Å². The number of hydrogen-bond acceptors (Lipinski definition) is 1. The first kappa shape index (κ1) is 16.8. The molecule has 0 fully saturated rings. The van der Waals surface area contributed by atoms with Gasteiger partial charge in [0.1, 0.15) is 5.82 Å². The van der Waals surface area contributed by atoms with Crippen LogP contribution in [0.4, 0.5) is 18.9 Å². The smallest absolute Gasteiger partial charge is 0.226 e. The maximum Gasteiger partial charge on any atom is 0.226 e. The summed E-state index contributed by atoms with van der Waals surface area (Å²) in [6.45, 7) is 0. The number of aromatic nitrogens is 1. The topological polar surface area (TPSA) is 34.0 Å². The zero-order valence-electron chi connectivity index (χ0n) is 13.1. The third-order valence-corrected chi connectivity index (χ3v) is 3.80. The van der Waals surface area contributed by atoms with Crippen LogP contribution in [0.5, 0.6) is 0 Å². The van der Waals surface area contributed by atoms with E-state index in [2.05, 4.69) is 5.32 Å². The van der Waals surface area contributed by atoms with Crippen LogP contribution in [0.1, 0.15) is 18.0 Å². The van der Waals surface area contributed by atoms with E-state index in [0.717, 1.165) is 12.1 Å². The van der Waals surface area contributed by atoms with Gasteiger partial charge in [0.25, 0.3) is 0 Å². The van der Waals surface area contributed by atoms with Crippen molar-refractivity contribution < 1.29 is 18.0 Å². The summed E-state index contributed by atoms with van der Waals surface area (Å²) >= 11 is 0. The predicted octanol–water partition coefficient (Wildman–Crippen LogP) is 4.52. The third kappa shape index (κ3) is 4.09. The van der Waals surface area contributed by atoms with Gasteiger partial charge in [-0.2, -0.15) is 0 Å². The molecule has 3 nitrogen and oxygen atoms in total. The Morgan fingerprint density at radius 3 is 2.40 bits per heavy atom. The normalized spacial score (nSPS) is 12.0. The highest BCUT2D eigenvalue weighted by Crippen LogP contribution is 2.24. The lowest BCUT2D eigenvalue weighted by atomic mass is 10.0. The maximum atomic E-state index is 13.5. The Balaban J connectivity index is 1.80. The highest BCUT2D eigenvalue weighted by Gasteiger charge is 2.18. The lowest BCUT2D eigenvalue weighted by molar-refractivity contribution is -0.116. The van der Waals surface area contributed by atoms with Gasteiger partial charge in [-0.15, -0.1) is 0 Å². The average Bonchev–Trinajstić information content (AvgIpc) is 3.10. The molecule has 0 aliphatic heterocycles. The zero-order chi connectivity index (χ0) is 17.8. The van der Waals surface area contributed by atoms with Crippen LogP contribution in [-0.2, 0) is 4.79 Å². The summed E-state index contributed by atoms with van der Waals surface area (Å²) in [5, 5.41) is 2.53. The highest BCUT2D eigenvalue weighted by atomic mass is 19.2. The Morgan fingerprint density at radius 2 is 1.72 bits per heavy atom. The Hall–Kier alpha value is -3.02. The number of rotatable bonds is 5. The van der Waals surface area contributed by atoms with E-state index in [1.807, 2.05) is 0 Å². The molecule has 3 aromatic rings. The Morgan fingerprint density at radius 1 is 0.960 bits per heavy atom. The number of halogens is 3. The number of amides is 1. The molecule has 0 spiro atoms. The van der Waals surface area contributed by atoms with Gasteiger partial charge in [-0.05, 0) is 42.0 Å². The SMILES string of the molecule is O=C(CC(c1cccc(F)c1)n1cccc1)Nc1ccc(F)c(F)c1. The Labute approximate surface area is 142 Å². The molecule has 0 bridgehead atoms. The zero-order valence-corrected chi connectivity index (χ0v) is 13.1. The molecule has 0 aliphatic rings. The highest BCUT2D eigenvalue weighted by molar-refractivity contribution is 5.91. The number of hydrogen-bond donors (Lipinski definition) is 1. The van der Waals surface area contributed by atoms with Crippen molar-refractivity contribution in [1.82, 2.24) is 4.57 Å². The number of nitrogens with one attached hydrogen (secondary N) is 1.